The predicted octanol–water partition coefficient (Wildman–Crippen LogP) is 4.72. The van der Waals surface area contributed by atoms with Crippen molar-refractivity contribution in [3.8, 4) is 0 Å². The molecule has 2 aliphatic rings. The van der Waals surface area contributed by atoms with Gasteiger partial charge < -0.3 is 4.90 Å². The van der Waals surface area contributed by atoms with E-state index < -0.39 is 0 Å². The Kier molecular flexibility index (Phi) is 5.96. The zero-order valence-electron chi connectivity index (χ0n) is 12.9. The molecule has 1 aromatic heterocycles. The lowest BCUT2D eigenvalue weighted by Gasteiger charge is -2.41. The molecule has 0 amide bonds. The molecule has 4 heteroatoms. The summed E-state index contributed by atoms with van der Waals surface area (Å²) in [6.45, 7) is 4.00. The van der Waals surface area contributed by atoms with E-state index in [4.69, 9.17) is 11.6 Å². The normalized spacial score (nSPS) is 26.7. The fourth-order valence-electron chi connectivity index (χ4n) is 4.02. The van der Waals surface area contributed by atoms with E-state index in [-0.39, 0.29) is 0 Å². The summed E-state index contributed by atoms with van der Waals surface area (Å²) >= 11 is 7.56. The quantitative estimate of drug-likeness (QED) is 0.555. The van der Waals surface area contributed by atoms with Gasteiger partial charge in [0.1, 0.15) is 0 Å². The number of piperidine rings is 1. The summed E-state index contributed by atoms with van der Waals surface area (Å²) in [7, 11) is 0. The molecular formula is C17H27ClN2S. The van der Waals surface area contributed by atoms with Crippen molar-refractivity contribution in [2.75, 3.05) is 19.6 Å². The fourth-order valence-corrected chi connectivity index (χ4v) is 5.08. The van der Waals surface area contributed by atoms with Crippen molar-refractivity contribution in [1.29, 1.82) is 0 Å². The van der Waals surface area contributed by atoms with E-state index in [0.717, 1.165) is 24.0 Å². The van der Waals surface area contributed by atoms with Gasteiger partial charge >= 0.3 is 0 Å². The van der Waals surface area contributed by atoms with Gasteiger partial charge in [0.2, 0.25) is 0 Å². The minimum atomic E-state index is 0.548. The number of halogens is 1. The molecule has 0 radical (unpaired) electrons. The minimum Gasteiger partial charge on any atom is -0.303 e. The van der Waals surface area contributed by atoms with E-state index >= 15 is 0 Å². The molecule has 1 aliphatic carbocycles. The maximum Gasteiger partial charge on any atom is 0.0928 e. The maximum atomic E-state index is 5.80. The van der Waals surface area contributed by atoms with E-state index in [0.29, 0.717) is 5.88 Å². The molecule has 2 nitrogen and oxygen atoms in total. The molecule has 1 aliphatic heterocycles. The summed E-state index contributed by atoms with van der Waals surface area (Å²) in [5.74, 6) is 2.62. The van der Waals surface area contributed by atoms with Crippen LogP contribution in [0.3, 0.4) is 0 Å². The summed E-state index contributed by atoms with van der Waals surface area (Å²) in [5.41, 5.74) is 1.04. The number of nitrogens with zero attached hydrogens (tertiary/aromatic N) is 2. The van der Waals surface area contributed by atoms with Crippen molar-refractivity contribution in [2.45, 2.75) is 57.2 Å². The molecular weight excluding hydrogens is 300 g/mol. The van der Waals surface area contributed by atoms with Crippen LogP contribution in [0.15, 0.2) is 5.38 Å². The monoisotopic (exact) mass is 326 g/mol. The summed E-state index contributed by atoms with van der Waals surface area (Å²) in [6.07, 6.45) is 11.1. The van der Waals surface area contributed by atoms with Crippen molar-refractivity contribution in [3.63, 3.8) is 0 Å². The number of likely N-dealkylation sites (tertiary alicyclic amines) is 1. The van der Waals surface area contributed by atoms with Crippen LogP contribution in [0.2, 0.25) is 0 Å². The van der Waals surface area contributed by atoms with Crippen LogP contribution in [-0.4, -0.2) is 29.5 Å². The standard InChI is InChI=1S/C17H27ClN2S/c18-11-16-13-21-17(19-16)7-3-4-9-20-10-8-14-5-1-2-6-15(14)12-20/h13-15H,1-12H2. The minimum absolute atomic E-state index is 0.548. The molecule has 2 unspecified atom stereocenters. The second-order valence-electron chi connectivity index (χ2n) is 6.72. The maximum absolute atomic E-state index is 5.80. The molecule has 21 heavy (non-hydrogen) atoms. The number of hydrogen-bond donors (Lipinski definition) is 0. The fraction of sp³-hybridized carbons (Fsp3) is 0.824. The average Bonchev–Trinajstić information content (AvgIpc) is 2.99. The molecule has 2 fully saturated rings. The highest BCUT2D eigenvalue weighted by Gasteiger charge is 2.30. The van der Waals surface area contributed by atoms with Crippen LogP contribution in [0.5, 0.6) is 0 Å². The van der Waals surface area contributed by atoms with Crippen molar-refractivity contribution in [3.05, 3.63) is 16.1 Å². The van der Waals surface area contributed by atoms with E-state index in [9.17, 15) is 0 Å². The van der Waals surface area contributed by atoms with Crippen LogP contribution in [-0.2, 0) is 12.3 Å². The smallest absolute Gasteiger partial charge is 0.0928 e. The number of hydrogen-bond acceptors (Lipinski definition) is 3. The van der Waals surface area contributed by atoms with Crippen LogP contribution >= 0.6 is 22.9 Å². The second-order valence-corrected chi connectivity index (χ2v) is 7.93. The Bertz CT molecular complexity index is 434. The van der Waals surface area contributed by atoms with Gasteiger partial charge in [-0.1, -0.05) is 19.3 Å². The van der Waals surface area contributed by atoms with Crippen LogP contribution in [0, 0.1) is 11.8 Å². The first kappa shape index (κ1) is 15.8. The van der Waals surface area contributed by atoms with E-state index in [2.05, 4.69) is 15.3 Å². The topological polar surface area (TPSA) is 16.1 Å². The Morgan fingerprint density at radius 1 is 1.19 bits per heavy atom. The third kappa shape index (κ3) is 4.43. The molecule has 3 rings (SSSR count). The van der Waals surface area contributed by atoms with Crippen molar-refractivity contribution < 1.29 is 0 Å². The predicted molar refractivity (Wildman–Crippen MR) is 91.1 cm³/mol. The average molecular weight is 327 g/mol. The molecule has 0 N–H and O–H groups in total. The Labute approximate surface area is 137 Å². The van der Waals surface area contributed by atoms with Crippen molar-refractivity contribution >= 4 is 22.9 Å². The van der Waals surface area contributed by atoms with E-state index in [1.807, 2.05) is 0 Å². The first-order chi connectivity index (χ1) is 10.3. The third-order valence-corrected chi connectivity index (χ3v) is 6.46. The first-order valence-corrected chi connectivity index (χ1v) is 9.98. The Morgan fingerprint density at radius 2 is 2.05 bits per heavy atom. The molecule has 1 saturated carbocycles. The molecule has 1 aromatic rings. The lowest BCUT2D eigenvalue weighted by molar-refractivity contribution is 0.0858. The van der Waals surface area contributed by atoms with Crippen LogP contribution < -0.4 is 0 Å². The second kappa shape index (κ2) is 7.94. The van der Waals surface area contributed by atoms with Crippen molar-refractivity contribution in [1.82, 2.24) is 9.88 Å². The Morgan fingerprint density at radius 3 is 2.86 bits per heavy atom. The van der Waals surface area contributed by atoms with Gasteiger partial charge in [0.05, 0.1) is 16.6 Å². The third-order valence-electron chi connectivity index (χ3n) is 5.23. The zero-order valence-corrected chi connectivity index (χ0v) is 14.5. The Hall–Kier alpha value is -0.120. The molecule has 0 aromatic carbocycles. The summed E-state index contributed by atoms with van der Waals surface area (Å²) in [4.78, 5) is 7.26. The van der Waals surface area contributed by atoms with E-state index in [1.54, 1.807) is 11.3 Å². The molecule has 118 valence electrons. The molecule has 2 heterocycles. The number of fused-ring (bicyclic) bond motifs is 1. The molecule has 0 bridgehead atoms. The van der Waals surface area contributed by atoms with Gasteiger partial charge in [-0.3, -0.25) is 0 Å². The number of aryl methyl sites for hydroxylation is 1. The summed E-state index contributed by atoms with van der Waals surface area (Å²) in [6, 6.07) is 0. The van der Waals surface area contributed by atoms with Gasteiger partial charge in [0, 0.05) is 11.9 Å². The summed E-state index contributed by atoms with van der Waals surface area (Å²) in [5, 5.41) is 3.35. The van der Waals surface area contributed by atoms with Crippen LogP contribution in [0.25, 0.3) is 0 Å². The highest BCUT2D eigenvalue weighted by atomic mass is 35.5. The molecule has 0 spiro atoms. The van der Waals surface area contributed by atoms with Gasteiger partial charge in [-0.15, -0.1) is 22.9 Å². The van der Waals surface area contributed by atoms with Gasteiger partial charge in [-0.2, -0.15) is 0 Å². The SMILES string of the molecule is ClCc1csc(CCCCN2CCC3CCCCC3C2)n1. The number of unbranched alkanes of at least 4 members (excludes halogenated alkanes) is 1. The van der Waals surface area contributed by atoms with Crippen LogP contribution in [0.1, 0.15) is 55.6 Å². The van der Waals surface area contributed by atoms with Crippen LogP contribution in [0.4, 0.5) is 0 Å². The largest absolute Gasteiger partial charge is 0.303 e. The van der Waals surface area contributed by atoms with Gasteiger partial charge in [0.25, 0.3) is 0 Å². The number of thiazole rings is 1. The van der Waals surface area contributed by atoms with Gasteiger partial charge in [-0.25, -0.2) is 4.98 Å². The molecule has 1 saturated heterocycles. The lowest BCUT2D eigenvalue weighted by atomic mass is 9.75. The number of rotatable bonds is 6. The van der Waals surface area contributed by atoms with Crippen molar-refractivity contribution in [2.24, 2.45) is 11.8 Å². The zero-order chi connectivity index (χ0) is 14.5. The highest BCUT2D eigenvalue weighted by Crippen LogP contribution is 2.36. The number of alkyl halides is 1. The first-order valence-electron chi connectivity index (χ1n) is 8.57. The number of aromatic nitrogens is 1. The van der Waals surface area contributed by atoms with Gasteiger partial charge in [-0.05, 0) is 57.0 Å². The van der Waals surface area contributed by atoms with E-state index in [1.165, 1.54) is 69.6 Å². The Balaban J connectivity index is 1.34. The molecule has 2 atom stereocenters. The highest BCUT2D eigenvalue weighted by molar-refractivity contribution is 7.09. The summed E-state index contributed by atoms with van der Waals surface area (Å²) < 4.78 is 0. The lowest BCUT2D eigenvalue weighted by Crippen LogP contribution is -2.42. The van der Waals surface area contributed by atoms with Gasteiger partial charge in [0.15, 0.2) is 0 Å².